The first kappa shape index (κ1) is 10.8. The smallest absolute Gasteiger partial charge is 0.129 e. The molecule has 4 heteroatoms. The summed E-state index contributed by atoms with van der Waals surface area (Å²) >= 11 is 5.98. The van der Waals surface area contributed by atoms with E-state index in [1.807, 2.05) is 18.2 Å². The van der Waals surface area contributed by atoms with Crippen LogP contribution in [0.1, 0.15) is 0 Å². The first-order valence-corrected chi connectivity index (χ1v) is 6.10. The molecular weight excluding hydrogens is 236 g/mol. The van der Waals surface area contributed by atoms with Gasteiger partial charge in [0.1, 0.15) is 5.82 Å². The molecule has 0 amide bonds. The van der Waals surface area contributed by atoms with Gasteiger partial charge in [0.25, 0.3) is 0 Å². The van der Waals surface area contributed by atoms with Gasteiger partial charge in [-0.25, -0.2) is 4.98 Å². The van der Waals surface area contributed by atoms with Crippen LogP contribution in [0.15, 0.2) is 30.3 Å². The predicted octanol–water partition coefficient (Wildman–Crippen LogP) is 2.72. The van der Waals surface area contributed by atoms with E-state index in [4.69, 9.17) is 16.3 Å². The van der Waals surface area contributed by atoms with Gasteiger partial charge < -0.3 is 9.64 Å². The SMILES string of the molecule is Clc1ccc2ccc(N3CCOCC3)nc2c1. The number of fused-ring (bicyclic) bond motifs is 1. The standard InChI is InChI=1S/C13H13ClN2O/c14-11-3-1-10-2-4-13(15-12(10)9-11)16-5-7-17-8-6-16/h1-4,9H,5-8H2. The van der Waals surface area contributed by atoms with Crippen molar-refractivity contribution in [1.29, 1.82) is 0 Å². The number of halogens is 1. The van der Waals surface area contributed by atoms with Crippen molar-refractivity contribution in [3.63, 3.8) is 0 Å². The number of nitrogens with zero attached hydrogens (tertiary/aromatic N) is 2. The fourth-order valence-electron chi connectivity index (χ4n) is 2.05. The molecule has 1 aliphatic rings. The van der Waals surface area contributed by atoms with Gasteiger partial charge in [0.15, 0.2) is 0 Å². The number of anilines is 1. The Labute approximate surface area is 105 Å². The number of rotatable bonds is 1. The van der Waals surface area contributed by atoms with Crippen molar-refractivity contribution in [2.75, 3.05) is 31.2 Å². The Bertz CT molecular complexity index is 538. The number of hydrogen-bond donors (Lipinski definition) is 0. The van der Waals surface area contributed by atoms with Gasteiger partial charge in [0.2, 0.25) is 0 Å². The molecule has 17 heavy (non-hydrogen) atoms. The summed E-state index contributed by atoms with van der Waals surface area (Å²) in [6, 6.07) is 9.93. The maximum atomic E-state index is 5.98. The van der Waals surface area contributed by atoms with Crippen LogP contribution < -0.4 is 4.90 Å². The van der Waals surface area contributed by atoms with Crippen molar-refractivity contribution in [2.24, 2.45) is 0 Å². The van der Waals surface area contributed by atoms with Crippen molar-refractivity contribution < 1.29 is 4.74 Å². The number of ether oxygens (including phenoxy) is 1. The number of aromatic nitrogens is 1. The molecule has 1 aromatic carbocycles. The second-order valence-corrected chi connectivity index (χ2v) is 4.54. The van der Waals surface area contributed by atoms with Crippen molar-refractivity contribution in [3.8, 4) is 0 Å². The summed E-state index contributed by atoms with van der Waals surface area (Å²) < 4.78 is 5.34. The topological polar surface area (TPSA) is 25.4 Å². The maximum absolute atomic E-state index is 5.98. The van der Waals surface area contributed by atoms with Gasteiger partial charge in [0, 0.05) is 23.5 Å². The molecule has 2 aromatic rings. The molecule has 2 heterocycles. The molecule has 0 radical (unpaired) electrons. The molecule has 0 N–H and O–H groups in total. The van der Waals surface area contributed by atoms with Crippen LogP contribution in [0, 0.1) is 0 Å². The fraction of sp³-hybridized carbons (Fsp3) is 0.308. The minimum Gasteiger partial charge on any atom is -0.378 e. The number of pyridine rings is 1. The van der Waals surface area contributed by atoms with Crippen LogP contribution >= 0.6 is 11.6 Å². The quantitative estimate of drug-likeness (QED) is 0.776. The Morgan fingerprint density at radius 1 is 1.12 bits per heavy atom. The highest BCUT2D eigenvalue weighted by Gasteiger charge is 2.12. The van der Waals surface area contributed by atoms with E-state index in [0.717, 1.165) is 48.0 Å². The minimum absolute atomic E-state index is 0.726. The summed E-state index contributed by atoms with van der Waals surface area (Å²) in [6.07, 6.45) is 0. The molecular formula is C13H13ClN2O. The average Bonchev–Trinajstić information content (AvgIpc) is 2.39. The van der Waals surface area contributed by atoms with Gasteiger partial charge in [0.05, 0.1) is 18.7 Å². The fourth-order valence-corrected chi connectivity index (χ4v) is 2.21. The lowest BCUT2D eigenvalue weighted by Gasteiger charge is -2.27. The molecule has 1 aromatic heterocycles. The molecule has 0 unspecified atom stereocenters. The van der Waals surface area contributed by atoms with Crippen molar-refractivity contribution >= 4 is 28.3 Å². The first-order chi connectivity index (χ1) is 8.33. The van der Waals surface area contributed by atoms with Crippen LogP contribution in [0.2, 0.25) is 5.02 Å². The van der Waals surface area contributed by atoms with Gasteiger partial charge in [-0.2, -0.15) is 0 Å². The molecule has 1 aliphatic heterocycles. The predicted molar refractivity (Wildman–Crippen MR) is 69.8 cm³/mol. The Morgan fingerprint density at radius 3 is 2.71 bits per heavy atom. The van der Waals surface area contributed by atoms with Crippen LogP contribution in [-0.2, 0) is 4.74 Å². The molecule has 0 atom stereocenters. The van der Waals surface area contributed by atoms with E-state index in [1.54, 1.807) is 0 Å². The monoisotopic (exact) mass is 248 g/mol. The van der Waals surface area contributed by atoms with Crippen LogP contribution in [0.4, 0.5) is 5.82 Å². The Balaban J connectivity index is 1.99. The van der Waals surface area contributed by atoms with E-state index < -0.39 is 0 Å². The van der Waals surface area contributed by atoms with E-state index in [0.29, 0.717) is 0 Å². The number of hydrogen-bond acceptors (Lipinski definition) is 3. The molecule has 0 saturated carbocycles. The Morgan fingerprint density at radius 2 is 1.88 bits per heavy atom. The summed E-state index contributed by atoms with van der Waals surface area (Å²) in [5.74, 6) is 1.00. The molecule has 3 nitrogen and oxygen atoms in total. The van der Waals surface area contributed by atoms with Crippen molar-refractivity contribution in [3.05, 3.63) is 35.4 Å². The normalized spacial score (nSPS) is 16.4. The molecule has 0 bridgehead atoms. The van der Waals surface area contributed by atoms with Gasteiger partial charge in [-0.15, -0.1) is 0 Å². The van der Waals surface area contributed by atoms with Crippen LogP contribution in [0.5, 0.6) is 0 Å². The Kier molecular flexibility index (Phi) is 2.87. The molecule has 3 rings (SSSR count). The zero-order valence-corrected chi connectivity index (χ0v) is 10.2. The van der Waals surface area contributed by atoms with E-state index >= 15 is 0 Å². The summed E-state index contributed by atoms with van der Waals surface area (Å²) in [5, 5.41) is 1.84. The largest absolute Gasteiger partial charge is 0.378 e. The number of benzene rings is 1. The van der Waals surface area contributed by atoms with E-state index in [9.17, 15) is 0 Å². The summed E-state index contributed by atoms with van der Waals surface area (Å²) in [4.78, 5) is 6.89. The third kappa shape index (κ3) is 2.21. The molecule has 0 spiro atoms. The van der Waals surface area contributed by atoms with Crippen molar-refractivity contribution in [2.45, 2.75) is 0 Å². The highest BCUT2D eigenvalue weighted by atomic mass is 35.5. The van der Waals surface area contributed by atoms with Crippen LogP contribution in [0.25, 0.3) is 10.9 Å². The molecule has 1 fully saturated rings. The highest BCUT2D eigenvalue weighted by molar-refractivity contribution is 6.31. The lowest BCUT2D eigenvalue weighted by atomic mass is 10.2. The van der Waals surface area contributed by atoms with Crippen molar-refractivity contribution in [1.82, 2.24) is 4.98 Å². The van der Waals surface area contributed by atoms with Crippen LogP contribution in [0.3, 0.4) is 0 Å². The third-order valence-electron chi connectivity index (χ3n) is 2.97. The minimum atomic E-state index is 0.726. The third-order valence-corrected chi connectivity index (χ3v) is 3.21. The second-order valence-electron chi connectivity index (χ2n) is 4.11. The highest BCUT2D eigenvalue weighted by Crippen LogP contribution is 2.21. The summed E-state index contributed by atoms with van der Waals surface area (Å²) in [7, 11) is 0. The summed E-state index contributed by atoms with van der Waals surface area (Å²) in [5.41, 5.74) is 0.946. The maximum Gasteiger partial charge on any atom is 0.129 e. The van der Waals surface area contributed by atoms with Crippen LogP contribution in [-0.4, -0.2) is 31.3 Å². The lowest BCUT2D eigenvalue weighted by molar-refractivity contribution is 0.122. The van der Waals surface area contributed by atoms with Gasteiger partial charge in [-0.05, 0) is 24.3 Å². The average molecular weight is 249 g/mol. The summed E-state index contributed by atoms with van der Waals surface area (Å²) in [6.45, 7) is 3.35. The second kappa shape index (κ2) is 4.51. The first-order valence-electron chi connectivity index (χ1n) is 5.72. The molecule has 0 aliphatic carbocycles. The zero-order valence-electron chi connectivity index (χ0n) is 9.40. The van der Waals surface area contributed by atoms with Gasteiger partial charge in [-0.3, -0.25) is 0 Å². The zero-order chi connectivity index (χ0) is 11.7. The van der Waals surface area contributed by atoms with E-state index in [1.165, 1.54) is 0 Å². The van der Waals surface area contributed by atoms with Gasteiger partial charge in [-0.1, -0.05) is 17.7 Å². The Hall–Kier alpha value is -1.32. The molecule has 88 valence electrons. The van der Waals surface area contributed by atoms with E-state index in [2.05, 4.69) is 22.0 Å². The molecule has 1 saturated heterocycles. The number of morpholine rings is 1. The van der Waals surface area contributed by atoms with E-state index in [-0.39, 0.29) is 0 Å². The van der Waals surface area contributed by atoms with Gasteiger partial charge >= 0.3 is 0 Å². The lowest BCUT2D eigenvalue weighted by Crippen LogP contribution is -2.36.